The first-order chi connectivity index (χ1) is 9.68. The summed E-state index contributed by atoms with van der Waals surface area (Å²) in [6, 6.07) is 6.46. The van der Waals surface area contributed by atoms with Crippen LogP contribution in [0.1, 0.15) is 42.4 Å². The zero-order valence-corrected chi connectivity index (χ0v) is 12.9. The number of rotatable bonds is 3. The van der Waals surface area contributed by atoms with E-state index >= 15 is 0 Å². The number of guanidine groups is 1. The Hall–Kier alpha value is -1.51. The summed E-state index contributed by atoms with van der Waals surface area (Å²) in [5, 5.41) is 0. The van der Waals surface area contributed by atoms with Crippen LogP contribution in [-0.4, -0.2) is 30.5 Å². The fourth-order valence-electron chi connectivity index (χ4n) is 2.93. The maximum Gasteiger partial charge on any atom is 0.191 e. The van der Waals surface area contributed by atoms with Gasteiger partial charge in [0.05, 0.1) is 0 Å². The molecule has 0 unspecified atom stereocenters. The van der Waals surface area contributed by atoms with Crippen molar-refractivity contribution in [1.82, 2.24) is 4.90 Å². The highest BCUT2D eigenvalue weighted by molar-refractivity contribution is 5.78. The normalized spacial score (nSPS) is 17.1. The van der Waals surface area contributed by atoms with E-state index < -0.39 is 0 Å². The quantitative estimate of drug-likeness (QED) is 0.679. The molecule has 20 heavy (non-hydrogen) atoms. The fourth-order valence-corrected chi connectivity index (χ4v) is 2.93. The molecule has 0 atom stereocenters. The van der Waals surface area contributed by atoms with Gasteiger partial charge in [0, 0.05) is 19.6 Å². The van der Waals surface area contributed by atoms with Crippen LogP contribution in [0.5, 0.6) is 0 Å². The summed E-state index contributed by atoms with van der Waals surface area (Å²) in [6.45, 7) is 7.26. The molecule has 0 bridgehead atoms. The Morgan fingerprint density at radius 3 is 2.30 bits per heavy atom. The Morgan fingerprint density at radius 1 is 1.10 bits per heavy atom. The molecule has 0 amide bonds. The summed E-state index contributed by atoms with van der Waals surface area (Å²) in [4.78, 5) is 6.84. The van der Waals surface area contributed by atoms with Crippen molar-refractivity contribution >= 4 is 5.96 Å². The second kappa shape index (κ2) is 7.32. The highest BCUT2D eigenvalue weighted by Crippen LogP contribution is 2.14. The van der Waals surface area contributed by atoms with Crippen molar-refractivity contribution in [2.75, 3.05) is 19.6 Å². The molecule has 0 aliphatic carbocycles. The molecule has 3 nitrogen and oxygen atoms in total. The minimum absolute atomic E-state index is 0.734. The van der Waals surface area contributed by atoms with Crippen LogP contribution in [0, 0.1) is 13.8 Å². The smallest absolute Gasteiger partial charge is 0.191 e. The van der Waals surface area contributed by atoms with Crippen molar-refractivity contribution in [2.24, 2.45) is 10.7 Å². The monoisotopic (exact) mass is 273 g/mol. The van der Waals surface area contributed by atoms with E-state index in [2.05, 4.69) is 41.9 Å². The SMILES string of the molecule is Cc1cccc(C)c1CCN=C(N)N1CCCCCC1. The van der Waals surface area contributed by atoms with E-state index in [1.54, 1.807) is 0 Å². The number of hydrogen-bond donors (Lipinski definition) is 1. The van der Waals surface area contributed by atoms with E-state index in [9.17, 15) is 0 Å². The van der Waals surface area contributed by atoms with Gasteiger partial charge in [0.1, 0.15) is 0 Å². The molecule has 110 valence electrons. The van der Waals surface area contributed by atoms with Crippen molar-refractivity contribution in [3.05, 3.63) is 34.9 Å². The highest BCUT2D eigenvalue weighted by Gasteiger charge is 2.10. The second-order valence-electron chi connectivity index (χ2n) is 5.76. The molecule has 0 saturated carbocycles. The molecule has 1 aromatic carbocycles. The second-order valence-corrected chi connectivity index (χ2v) is 5.76. The minimum Gasteiger partial charge on any atom is -0.370 e. The number of likely N-dealkylation sites (tertiary alicyclic amines) is 1. The largest absolute Gasteiger partial charge is 0.370 e. The van der Waals surface area contributed by atoms with Gasteiger partial charge < -0.3 is 10.6 Å². The third-order valence-electron chi connectivity index (χ3n) is 4.21. The van der Waals surface area contributed by atoms with E-state index in [1.165, 1.54) is 42.4 Å². The molecule has 0 aromatic heterocycles. The highest BCUT2D eigenvalue weighted by atomic mass is 15.2. The van der Waals surface area contributed by atoms with Crippen LogP contribution in [-0.2, 0) is 6.42 Å². The Balaban J connectivity index is 1.91. The predicted molar refractivity (Wildman–Crippen MR) is 86.2 cm³/mol. The molecular formula is C17H27N3. The summed E-state index contributed by atoms with van der Waals surface area (Å²) in [5.41, 5.74) is 10.3. The maximum atomic E-state index is 6.13. The maximum absolute atomic E-state index is 6.13. The molecule has 1 saturated heterocycles. The Morgan fingerprint density at radius 2 is 1.70 bits per heavy atom. The van der Waals surface area contributed by atoms with E-state index in [0.717, 1.165) is 32.0 Å². The number of benzene rings is 1. The van der Waals surface area contributed by atoms with Crippen LogP contribution in [0.25, 0.3) is 0 Å². The fraction of sp³-hybridized carbons (Fsp3) is 0.588. The number of aryl methyl sites for hydroxylation is 2. The van der Waals surface area contributed by atoms with Gasteiger partial charge in [-0.2, -0.15) is 0 Å². The van der Waals surface area contributed by atoms with Gasteiger partial charge in [0.25, 0.3) is 0 Å². The van der Waals surface area contributed by atoms with Crippen LogP contribution in [0.3, 0.4) is 0 Å². The average Bonchev–Trinajstić information content (AvgIpc) is 2.71. The molecule has 3 heteroatoms. The van der Waals surface area contributed by atoms with Gasteiger partial charge in [-0.3, -0.25) is 4.99 Å². The predicted octanol–water partition coefficient (Wildman–Crippen LogP) is 3.04. The Kier molecular flexibility index (Phi) is 5.45. The van der Waals surface area contributed by atoms with E-state index in [1.807, 2.05) is 0 Å². The summed E-state index contributed by atoms with van der Waals surface area (Å²) >= 11 is 0. The lowest BCUT2D eigenvalue weighted by Crippen LogP contribution is -2.38. The van der Waals surface area contributed by atoms with Gasteiger partial charge in [0.2, 0.25) is 0 Å². The number of nitrogens with two attached hydrogens (primary N) is 1. The van der Waals surface area contributed by atoms with Crippen molar-refractivity contribution in [1.29, 1.82) is 0 Å². The van der Waals surface area contributed by atoms with Gasteiger partial charge in [0.15, 0.2) is 5.96 Å². The zero-order valence-electron chi connectivity index (χ0n) is 12.9. The minimum atomic E-state index is 0.734. The lowest BCUT2D eigenvalue weighted by molar-refractivity contribution is 0.428. The van der Waals surface area contributed by atoms with Gasteiger partial charge in [-0.15, -0.1) is 0 Å². The molecule has 1 aliphatic heterocycles. The van der Waals surface area contributed by atoms with Crippen LogP contribution >= 0.6 is 0 Å². The van der Waals surface area contributed by atoms with Gasteiger partial charge in [-0.25, -0.2) is 0 Å². The third kappa shape index (κ3) is 3.99. The first-order valence-electron chi connectivity index (χ1n) is 7.78. The number of nitrogens with zero attached hydrogens (tertiary/aromatic N) is 2. The number of hydrogen-bond acceptors (Lipinski definition) is 1. The van der Waals surface area contributed by atoms with E-state index in [0.29, 0.717) is 0 Å². The van der Waals surface area contributed by atoms with Crippen molar-refractivity contribution in [3.63, 3.8) is 0 Å². The molecule has 1 fully saturated rings. The summed E-state index contributed by atoms with van der Waals surface area (Å²) in [7, 11) is 0. The molecule has 0 spiro atoms. The molecule has 2 N–H and O–H groups in total. The lowest BCUT2D eigenvalue weighted by atomic mass is 10.0. The van der Waals surface area contributed by atoms with Gasteiger partial charge in [-0.1, -0.05) is 31.0 Å². The lowest BCUT2D eigenvalue weighted by Gasteiger charge is -2.21. The zero-order chi connectivity index (χ0) is 14.4. The van der Waals surface area contributed by atoms with Crippen LogP contribution in [0.15, 0.2) is 23.2 Å². The van der Waals surface area contributed by atoms with Crippen LogP contribution in [0.4, 0.5) is 0 Å². The topological polar surface area (TPSA) is 41.6 Å². The molecule has 0 radical (unpaired) electrons. The Bertz CT molecular complexity index is 437. The molecule has 2 rings (SSSR count). The van der Waals surface area contributed by atoms with E-state index in [-0.39, 0.29) is 0 Å². The summed E-state index contributed by atoms with van der Waals surface area (Å²) < 4.78 is 0. The Labute approximate surface area is 122 Å². The third-order valence-corrected chi connectivity index (χ3v) is 4.21. The van der Waals surface area contributed by atoms with Gasteiger partial charge >= 0.3 is 0 Å². The van der Waals surface area contributed by atoms with Crippen molar-refractivity contribution in [3.8, 4) is 0 Å². The molecular weight excluding hydrogens is 246 g/mol. The summed E-state index contributed by atoms with van der Waals surface area (Å²) in [5.74, 6) is 0.734. The van der Waals surface area contributed by atoms with Gasteiger partial charge in [-0.05, 0) is 49.8 Å². The van der Waals surface area contributed by atoms with Crippen molar-refractivity contribution in [2.45, 2.75) is 46.0 Å². The summed E-state index contributed by atoms with van der Waals surface area (Å²) in [6.07, 6.45) is 6.12. The van der Waals surface area contributed by atoms with Crippen molar-refractivity contribution < 1.29 is 0 Å². The standard InChI is InChI=1S/C17H27N3/c1-14-8-7-9-15(2)16(14)10-11-19-17(18)20-12-5-3-4-6-13-20/h7-9H,3-6,10-13H2,1-2H3,(H2,18,19). The molecule has 1 aliphatic rings. The molecule has 1 heterocycles. The van der Waals surface area contributed by atoms with E-state index in [4.69, 9.17) is 5.73 Å². The first kappa shape index (κ1) is 14.9. The van der Waals surface area contributed by atoms with Crippen LogP contribution in [0.2, 0.25) is 0 Å². The molecule has 1 aromatic rings. The number of aliphatic imine (C=N–C) groups is 1. The first-order valence-corrected chi connectivity index (χ1v) is 7.78. The average molecular weight is 273 g/mol. The van der Waals surface area contributed by atoms with Crippen LogP contribution < -0.4 is 5.73 Å².